The molecule has 0 radical (unpaired) electrons. The zero-order chi connectivity index (χ0) is 19.7. The van der Waals surface area contributed by atoms with Crippen LogP contribution in [0.5, 0.6) is 0 Å². The van der Waals surface area contributed by atoms with Crippen LogP contribution in [0, 0.1) is 11.6 Å². The number of carbonyl (C=O) groups excluding carboxylic acids is 1. The van der Waals surface area contributed by atoms with Crippen LogP contribution in [0.15, 0.2) is 36.4 Å². The maximum Gasteiger partial charge on any atom is 0.337 e. The fraction of sp³-hybridized carbons (Fsp3) is 0.250. The van der Waals surface area contributed by atoms with Gasteiger partial charge in [-0.2, -0.15) is 0 Å². The molecule has 0 aliphatic heterocycles. The summed E-state index contributed by atoms with van der Waals surface area (Å²) in [5.74, 6) is -1.42. The van der Waals surface area contributed by atoms with Gasteiger partial charge in [-0.05, 0) is 44.2 Å². The third-order valence-electron chi connectivity index (χ3n) is 4.36. The summed E-state index contributed by atoms with van der Waals surface area (Å²) in [6.45, 7) is 3.92. The lowest BCUT2D eigenvalue weighted by Crippen LogP contribution is -2.27. The van der Waals surface area contributed by atoms with E-state index < -0.39 is 17.6 Å². The van der Waals surface area contributed by atoms with Crippen molar-refractivity contribution >= 4 is 22.8 Å². The summed E-state index contributed by atoms with van der Waals surface area (Å²) in [5, 5.41) is 0. The molecule has 0 aliphatic carbocycles. The minimum absolute atomic E-state index is 0.0581. The third-order valence-corrected chi connectivity index (χ3v) is 4.36. The first kappa shape index (κ1) is 18.7. The Morgan fingerprint density at radius 1 is 1.07 bits per heavy atom. The van der Waals surface area contributed by atoms with Crippen molar-refractivity contribution in [2.24, 2.45) is 0 Å². The normalized spacial score (nSPS) is 11.1. The Bertz CT molecular complexity index is 1020. The molecule has 0 N–H and O–H groups in total. The van der Waals surface area contributed by atoms with Crippen molar-refractivity contribution in [1.29, 1.82) is 0 Å². The quantitative estimate of drug-likeness (QED) is 0.643. The number of rotatable bonds is 4. The maximum absolute atomic E-state index is 14.4. The second kappa shape index (κ2) is 7.26. The number of benzene rings is 2. The van der Waals surface area contributed by atoms with E-state index in [2.05, 4.69) is 9.97 Å². The molecule has 7 heteroatoms. The lowest BCUT2D eigenvalue weighted by atomic mass is 10.1. The van der Waals surface area contributed by atoms with Gasteiger partial charge in [-0.25, -0.2) is 23.5 Å². The summed E-state index contributed by atoms with van der Waals surface area (Å²) in [6, 6.07) is 8.18. The molecule has 1 aromatic heterocycles. The summed E-state index contributed by atoms with van der Waals surface area (Å²) in [6.07, 6.45) is 0. The molecule has 0 saturated carbocycles. The predicted octanol–water partition coefficient (Wildman–Crippen LogP) is 4.21. The van der Waals surface area contributed by atoms with Crippen LogP contribution in [0.1, 0.15) is 24.2 Å². The van der Waals surface area contributed by atoms with Gasteiger partial charge in [0.1, 0.15) is 17.3 Å². The Balaban J connectivity index is 2.27. The van der Waals surface area contributed by atoms with Crippen LogP contribution in [0.3, 0.4) is 0 Å². The van der Waals surface area contributed by atoms with Crippen LogP contribution in [0.25, 0.3) is 22.3 Å². The van der Waals surface area contributed by atoms with Crippen LogP contribution in [-0.4, -0.2) is 36.1 Å². The molecule has 0 amide bonds. The highest BCUT2D eigenvalue weighted by Gasteiger charge is 2.20. The van der Waals surface area contributed by atoms with Crippen LogP contribution in [0.2, 0.25) is 0 Å². The van der Waals surface area contributed by atoms with Gasteiger partial charge in [0.2, 0.25) is 0 Å². The molecule has 0 aliphatic rings. The molecule has 3 rings (SSSR count). The zero-order valence-corrected chi connectivity index (χ0v) is 15.5. The number of aromatic nitrogens is 2. The summed E-state index contributed by atoms with van der Waals surface area (Å²) in [4.78, 5) is 22.8. The predicted molar refractivity (Wildman–Crippen MR) is 99.8 cm³/mol. The highest BCUT2D eigenvalue weighted by molar-refractivity contribution is 5.94. The van der Waals surface area contributed by atoms with Crippen molar-refractivity contribution in [3.05, 3.63) is 53.6 Å². The summed E-state index contributed by atoms with van der Waals surface area (Å²) in [5.41, 5.74) is 1.78. The molecular weight excluding hydrogens is 352 g/mol. The molecular formula is C20H19F2N3O2. The van der Waals surface area contributed by atoms with Crippen molar-refractivity contribution < 1.29 is 18.3 Å². The van der Waals surface area contributed by atoms with Crippen LogP contribution in [-0.2, 0) is 4.74 Å². The Morgan fingerprint density at radius 2 is 1.81 bits per heavy atom. The largest absolute Gasteiger partial charge is 0.465 e. The number of halogens is 2. The molecule has 0 spiro atoms. The summed E-state index contributed by atoms with van der Waals surface area (Å²) >= 11 is 0. The second-order valence-electron chi connectivity index (χ2n) is 6.42. The Morgan fingerprint density at radius 3 is 2.44 bits per heavy atom. The number of esters is 1. The fourth-order valence-corrected chi connectivity index (χ4v) is 2.64. The van der Waals surface area contributed by atoms with Crippen molar-refractivity contribution in [2.75, 3.05) is 19.1 Å². The molecule has 0 unspecified atom stereocenters. The molecule has 0 fully saturated rings. The highest BCUT2D eigenvalue weighted by atomic mass is 19.1. The van der Waals surface area contributed by atoms with E-state index in [0.717, 1.165) is 6.07 Å². The first-order chi connectivity index (χ1) is 12.8. The van der Waals surface area contributed by atoms with Gasteiger partial charge in [-0.1, -0.05) is 0 Å². The molecule has 140 valence electrons. The average molecular weight is 371 g/mol. The van der Waals surface area contributed by atoms with Gasteiger partial charge in [-0.3, -0.25) is 0 Å². The number of hydrogen-bond donors (Lipinski definition) is 0. The van der Waals surface area contributed by atoms with Crippen molar-refractivity contribution in [2.45, 2.75) is 19.9 Å². The first-order valence-corrected chi connectivity index (χ1v) is 8.40. The third kappa shape index (κ3) is 3.58. The van der Waals surface area contributed by atoms with Crippen LogP contribution >= 0.6 is 0 Å². The SMILES string of the molecule is COC(=O)c1ccc2nc(-c3ccc(F)cc3F)c(N(C)C(C)C)nc2c1. The van der Waals surface area contributed by atoms with Gasteiger partial charge in [0.15, 0.2) is 5.82 Å². The van der Waals surface area contributed by atoms with Crippen LogP contribution < -0.4 is 4.90 Å². The van der Waals surface area contributed by atoms with Crippen molar-refractivity contribution in [1.82, 2.24) is 9.97 Å². The minimum atomic E-state index is -0.715. The fourth-order valence-electron chi connectivity index (χ4n) is 2.64. The van der Waals surface area contributed by atoms with E-state index in [1.165, 1.54) is 19.2 Å². The van der Waals surface area contributed by atoms with Gasteiger partial charge >= 0.3 is 5.97 Å². The van der Waals surface area contributed by atoms with E-state index in [4.69, 9.17) is 4.74 Å². The number of fused-ring (bicyclic) bond motifs is 1. The topological polar surface area (TPSA) is 55.3 Å². The number of anilines is 1. The van der Waals surface area contributed by atoms with E-state index in [0.29, 0.717) is 28.1 Å². The molecule has 2 aromatic carbocycles. The van der Waals surface area contributed by atoms with Gasteiger partial charge in [0.05, 0.1) is 23.7 Å². The Hall–Kier alpha value is -3.09. The number of carbonyl (C=O) groups is 1. The Kier molecular flexibility index (Phi) is 5.03. The first-order valence-electron chi connectivity index (χ1n) is 8.40. The molecule has 0 atom stereocenters. The van der Waals surface area contributed by atoms with E-state index in [9.17, 15) is 13.6 Å². The molecule has 5 nitrogen and oxygen atoms in total. The maximum atomic E-state index is 14.4. The summed E-state index contributed by atoms with van der Waals surface area (Å²) in [7, 11) is 3.12. The standard InChI is InChI=1S/C20H19F2N3O2/c1-11(2)25(3)19-18(14-7-6-13(21)10-15(14)22)23-16-8-5-12(20(26)27-4)9-17(16)24-19/h5-11H,1-4H3. The lowest BCUT2D eigenvalue weighted by molar-refractivity contribution is 0.0601. The van der Waals surface area contributed by atoms with Gasteiger partial charge in [-0.15, -0.1) is 0 Å². The molecule has 27 heavy (non-hydrogen) atoms. The van der Waals surface area contributed by atoms with Crippen molar-refractivity contribution in [3.63, 3.8) is 0 Å². The summed E-state index contributed by atoms with van der Waals surface area (Å²) < 4.78 is 32.5. The molecule has 1 heterocycles. The lowest BCUT2D eigenvalue weighted by Gasteiger charge is -2.25. The van der Waals surface area contributed by atoms with Gasteiger partial charge < -0.3 is 9.64 Å². The monoisotopic (exact) mass is 371 g/mol. The minimum Gasteiger partial charge on any atom is -0.465 e. The number of ether oxygens (including phenoxy) is 1. The van der Waals surface area contributed by atoms with Crippen molar-refractivity contribution in [3.8, 4) is 11.3 Å². The molecule has 0 saturated heterocycles. The Labute approximate surface area is 155 Å². The molecule has 3 aromatic rings. The van der Waals surface area contributed by atoms with Gasteiger partial charge in [0.25, 0.3) is 0 Å². The second-order valence-corrected chi connectivity index (χ2v) is 6.42. The van der Waals surface area contributed by atoms with E-state index in [1.54, 1.807) is 18.2 Å². The van der Waals surface area contributed by atoms with E-state index >= 15 is 0 Å². The number of nitrogens with zero attached hydrogens (tertiary/aromatic N) is 3. The van der Waals surface area contributed by atoms with Gasteiger partial charge in [0, 0.05) is 24.7 Å². The van der Waals surface area contributed by atoms with E-state index in [1.807, 2.05) is 25.8 Å². The molecule has 0 bridgehead atoms. The van der Waals surface area contributed by atoms with Crippen LogP contribution in [0.4, 0.5) is 14.6 Å². The average Bonchev–Trinajstić information content (AvgIpc) is 2.65. The number of hydrogen-bond acceptors (Lipinski definition) is 5. The highest BCUT2D eigenvalue weighted by Crippen LogP contribution is 2.32. The zero-order valence-electron chi connectivity index (χ0n) is 15.5. The van der Waals surface area contributed by atoms with E-state index in [-0.39, 0.29) is 11.6 Å². The number of methoxy groups -OCH3 is 1. The smallest absolute Gasteiger partial charge is 0.337 e.